The maximum atomic E-state index is 13.1. The van der Waals surface area contributed by atoms with Crippen molar-refractivity contribution in [1.82, 2.24) is 15.1 Å². The molecule has 9 nitrogen and oxygen atoms in total. The quantitative estimate of drug-likeness (QED) is 0.486. The molecule has 3 aromatic rings. The summed E-state index contributed by atoms with van der Waals surface area (Å²) in [5.74, 6) is -0.381. The Morgan fingerprint density at radius 3 is 1.97 bits per heavy atom. The van der Waals surface area contributed by atoms with Gasteiger partial charge in [-0.25, -0.2) is 9.59 Å². The summed E-state index contributed by atoms with van der Waals surface area (Å²) in [6.45, 7) is 1.59. The van der Waals surface area contributed by atoms with Gasteiger partial charge in [0.05, 0.1) is 0 Å². The van der Waals surface area contributed by atoms with Crippen molar-refractivity contribution in [2.45, 2.75) is 18.6 Å². The summed E-state index contributed by atoms with van der Waals surface area (Å²) in [6.07, 6.45) is -1.11. The molecule has 1 heterocycles. The number of nitrogens with zero attached hydrogens (tertiary/aromatic N) is 2. The topological polar surface area (TPSA) is 114 Å². The van der Waals surface area contributed by atoms with Crippen molar-refractivity contribution in [3.63, 3.8) is 0 Å². The summed E-state index contributed by atoms with van der Waals surface area (Å²) in [7, 11) is 0. The summed E-state index contributed by atoms with van der Waals surface area (Å²) >= 11 is 0. The van der Waals surface area contributed by atoms with Gasteiger partial charge in [-0.1, -0.05) is 78.9 Å². The van der Waals surface area contributed by atoms with E-state index in [0.29, 0.717) is 26.2 Å². The number of carbonyl (C=O) groups excluding carboxylic acids is 3. The van der Waals surface area contributed by atoms with Gasteiger partial charge in [0.1, 0.15) is 19.3 Å². The second kappa shape index (κ2) is 12.0. The van der Waals surface area contributed by atoms with Gasteiger partial charge in [0.15, 0.2) is 0 Å². The van der Waals surface area contributed by atoms with E-state index in [1.54, 1.807) is 9.80 Å². The van der Waals surface area contributed by atoms with Gasteiger partial charge >= 0.3 is 12.2 Å². The molecule has 0 aromatic heterocycles. The highest BCUT2D eigenvalue weighted by Gasteiger charge is 2.32. The molecule has 2 aliphatic rings. The molecule has 3 aromatic carbocycles. The molecule has 5 rings (SSSR count). The van der Waals surface area contributed by atoms with E-state index in [4.69, 9.17) is 15.2 Å². The molecular weight excluding hydrogens is 496 g/mol. The van der Waals surface area contributed by atoms with E-state index >= 15 is 0 Å². The summed E-state index contributed by atoms with van der Waals surface area (Å²) in [5.41, 5.74) is 11.2. The molecule has 1 saturated heterocycles. The molecule has 0 saturated carbocycles. The normalized spacial score (nSPS) is 15.2. The van der Waals surface area contributed by atoms with Crippen molar-refractivity contribution in [2.75, 3.05) is 39.3 Å². The number of benzene rings is 3. The van der Waals surface area contributed by atoms with Gasteiger partial charge < -0.3 is 30.3 Å². The number of hydrogen-bond acceptors (Lipinski definition) is 6. The first-order valence-electron chi connectivity index (χ1n) is 13.1. The lowest BCUT2D eigenvalue weighted by molar-refractivity contribution is -0.134. The second-order valence-electron chi connectivity index (χ2n) is 9.61. The van der Waals surface area contributed by atoms with Crippen molar-refractivity contribution in [2.24, 2.45) is 5.73 Å². The van der Waals surface area contributed by atoms with E-state index in [1.165, 1.54) is 0 Å². The molecule has 1 atom stereocenters. The number of rotatable bonds is 7. The average Bonchev–Trinajstić information content (AvgIpc) is 3.31. The molecule has 0 radical (unpaired) electrons. The lowest BCUT2D eigenvalue weighted by atomic mass is 9.98. The van der Waals surface area contributed by atoms with Crippen molar-refractivity contribution in [1.29, 1.82) is 0 Å². The Morgan fingerprint density at radius 1 is 0.795 bits per heavy atom. The highest BCUT2D eigenvalue weighted by atomic mass is 16.6. The van der Waals surface area contributed by atoms with Crippen LogP contribution in [0.15, 0.2) is 78.9 Å². The first kappa shape index (κ1) is 26.2. The third-order valence-corrected chi connectivity index (χ3v) is 7.22. The van der Waals surface area contributed by atoms with Crippen LogP contribution in [-0.2, 0) is 20.9 Å². The molecule has 1 fully saturated rings. The zero-order chi connectivity index (χ0) is 27.2. The SMILES string of the molecule is NC[C@H](NC(=O)OCC1c2ccccc2-c2ccccc21)C(=O)N1CCN(C(=O)OCc2ccccc2)CC1. The lowest BCUT2D eigenvalue weighted by Gasteiger charge is -2.35. The number of alkyl carbamates (subject to hydrolysis) is 1. The minimum atomic E-state index is -0.919. The zero-order valence-electron chi connectivity index (χ0n) is 21.6. The molecule has 1 aliphatic heterocycles. The van der Waals surface area contributed by atoms with Gasteiger partial charge in [0, 0.05) is 38.6 Å². The largest absolute Gasteiger partial charge is 0.449 e. The van der Waals surface area contributed by atoms with Crippen LogP contribution in [-0.4, -0.2) is 73.3 Å². The smallest absolute Gasteiger partial charge is 0.410 e. The molecule has 202 valence electrons. The van der Waals surface area contributed by atoms with Gasteiger partial charge in [-0.15, -0.1) is 0 Å². The number of carbonyl (C=O) groups is 3. The molecular formula is C30H32N4O5. The Balaban J connectivity index is 1.10. The van der Waals surface area contributed by atoms with Crippen LogP contribution < -0.4 is 11.1 Å². The van der Waals surface area contributed by atoms with Crippen LogP contribution in [0.3, 0.4) is 0 Å². The monoisotopic (exact) mass is 528 g/mol. The van der Waals surface area contributed by atoms with Gasteiger partial charge in [0.2, 0.25) is 5.91 Å². The highest BCUT2D eigenvalue weighted by molar-refractivity contribution is 5.86. The predicted molar refractivity (Wildman–Crippen MR) is 146 cm³/mol. The Kier molecular flexibility index (Phi) is 8.07. The Morgan fingerprint density at radius 2 is 1.36 bits per heavy atom. The van der Waals surface area contributed by atoms with E-state index in [9.17, 15) is 14.4 Å². The van der Waals surface area contributed by atoms with E-state index in [-0.39, 0.29) is 31.6 Å². The maximum Gasteiger partial charge on any atom is 0.410 e. The van der Waals surface area contributed by atoms with Gasteiger partial charge in [-0.3, -0.25) is 4.79 Å². The number of hydrogen-bond donors (Lipinski definition) is 2. The summed E-state index contributed by atoms with van der Waals surface area (Å²) in [5, 5.41) is 2.63. The summed E-state index contributed by atoms with van der Waals surface area (Å²) < 4.78 is 11.0. The van der Waals surface area contributed by atoms with Crippen LogP contribution in [0.5, 0.6) is 0 Å². The van der Waals surface area contributed by atoms with Crippen LogP contribution in [0.1, 0.15) is 22.6 Å². The third kappa shape index (κ3) is 5.88. The van der Waals surface area contributed by atoms with Crippen molar-refractivity contribution in [3.05, 3.63) is 95.6 Å². The van der Waals surface area contributed by atoms with E-state index in [2.05, 4.69) is 17.4 Å². The Labute approximate surface area is 227 Å². The fourth-order valence-electron chi connectivity index (χ4n) is 5.14. The van der Waals surface area contributed by atoms with Crippen molar-refractivity contribution in [3.8, 4) is 11.1 Å². The molecule has 39 heavy (non-hydrogen) atoms. The van der Waals surface area contributed by atoms with Crippen LogP contribution in [0.2, 0.25) is 0 Å². The van der Waals surface area contributed by atoms with Crippen molar-refractivity contribution >= 4 is 18.1 Å². The number of ether oxygens (including phenoxy) is 2. The minimum Gasteiger partial charge on any atom is -0.449 e. The minimum absolute atomic E-state index is 0.0671. The van der Waals surface area contributed by atoms with E-state index in [1.807, 2.05) is 66.7 Å². The number of nitrogens with two attached hydrogens (primary N) is 1. The fourth-order valence-corrected chi connectivity index (χ4v) is 5.14. The third-order valence-electron chi connectivity index (χ3n) is 7.22. The fraction of sp³-hybridized carbons (Fsp3) is 0.300. The molecule has 0 unspecified atom stereocenters. The van der Waals surface area contributed by atoms with Crippen LogP contribution in [0.4, 0.5) is 9.59 Å². The van der Waals surface area contributed by atoms with Crippen LogP contribution >= 0.6 is 0 Å². The number of nitrogens with one attached hydrogen (secondary N) is 1. The lowest BCUT2D eigenvalue weighted by Crippen LogP contribution is -2.57. The molecule has 3 amide bonds. The van der Waals surface area contributed by atoms with E-state index in [0.717, 1.165) is 27.8 Å². The number of fused-ring (bicyclic) bond motifs is 3. The van der Waals surface area contributed by atoms with Crippen LogP contribution in [0.25, 0.3) is 11.1 Å². The highest BCUT2D eigenvalue weighted by Crippen LogP contribution is 2.44. The first-order valence-corrected chi connectivity index (χ1v) is 13.1. The van der Waals surface area contributed by atoms with E-state index < -0.39 is 18.2 Å². The number of amides is 3. The number of piperazine rings is 1. The van der Waals surface area contributed by atoms with Crippen molar-refractivity contribution < 1.29 is 23.9 Å². The summed E-state index contributed by atoms with van der Waals surface area (Å²) in [4.78, 5) is 41.4. The molecule has 0 bridgehead atoms. The summed E-state index contributed by atoms with van der Waals surface area (Å²) in [6, 6.07) is 24.7. The van der Waals surface area contributed by atoms with Gasteiger partial charge in [-0.2, -0.15) is 0 Å². The predicted octanol–water partition coefficient (Wildman–Crippen LogP) is 3.33. The first-order chi connectivity index (χ1) is 19.0. The van der Waals surface area contributed by atoms with Crippen LogP contribution in [0, 0.1) is 0 Å². The molecule has 0 spiro atoms. The standard InChI is InChI=1S/C30H32N4O5/c31-18-27(28(35)33-14-16-34(17-15-33)30(37)39-19-21-8-2-1-3-9-21)32-29(36)38-20-26-24-12-6-4-10-22(24)23-11-5-7-13-25(23)26/h1-13,26-27H,14-20,31H2,(H,32,36)/t27-/m0/s1. The van der Waals surface area contributed by atoms with Gasteiger partial charge in [0.25, 0.3) is 0 Å². The Hall–Kier alpha value is -4.37. The average molecular weight is 529 g/mol. The molecule has 9 heteroatoms. The van der Waals surface area contributed by atoms with Gasteiger partial charge in [-0.05, 0) is 27.8 Å². The molecule has 1 aliphatic carbocycles. The molecule has 3 N–H and O–H groups in total. The Bertz CT molecular complexity index is 1280. The zero-order valence-corrected chi connectivity index (χ0v) is 21.6. The maximum absolute atomic E-state index is 13.1. The second-order valence-corrected chi connectivity index (χ2v) is 9.61.